The first-order valence-corrected chi connectivity index (χ1v) is 9.51. The summed E-state index contributed by atoms with van der Waals surface area (Å²) in [5.41, 5.74) is 6.77. The summed E-state index contributed by atoms with van der Waals surface area (Å²) in [6.07, 6.45) is 7.13. The zero-order valence-electron chi connectivity index (χ0n) is 15.2. The highest BCUT2D eigenvalue weighted by Crippen LogP contribution is 2.32. The van der Waals surface area contributed by atoms with Crippen molar-refractivity contribution in [3.8, 4) is 6.01 Å². The number of nitrogens with zero attached hydrogens (tertiary/aromatic N) is 4. The second-order valence-electron chi connectivity index (χ2n) is 6.87. The van der Waals surface area contributed by atoms with Gasteiger partial charge in [-0.3, -0.25) is 9.69 Å². The molecular weight excluding hydrogens is 318 g/mol. The number of anilines is 2. The Balaban J connectivity index is 1.62. The predicted octanol–water partition coefficient (Wildman–Crippen LogP) is 2.00. The van der Waals surface area contributed by atoms with E-state index in [0.717, 1.165) is 31.4 Å². The van der Waals surface area contributed by atoms with Crippen LogP contribution in [0.25, 0.3) is 0 Å². The first-order chi connectivity index (χ1) is 12.2. The molecule has 0 aromatic carbocycles. The molecule has 0 saturated carbocycles. The molecule has 1 aromatic rings. The van der Waals surface area contributed by atoms with E-state index < -0.39 is 0 Å². The van der Waals surface area contributed by atoms with Crippen LogP contribution >= 0.6 is 0 Å². The van der Waals surface area contributed by atoms with Gasteiger partial charge >= 0.3 is 6.01 Å². The van der Waals surface area contributed by atoms with E-state index in [1.165, 1.54) is 32.4 Å². The number of amides is 1. The van der Waals surface area contributed by atoms with Gasteiger partial charge in [-0.05, 0) is 45.3 Å². The topological polar surface area (TPSA) is 84.6 Å². The van der Waals surface area contributed by atoms with Gasteiger partial charge in [0.25, 0.3) is 0 Å². The molecule has 1 amide bonds. The molecule has 25 heavy (non-hydrogen) atoms. The minimum absolute atomic E-state index is 0.0559. The molecule has 0 spiro atoms. The van der Waals surface area contributed by atoms with Gasteiger partial charge < -0.3 is 15.4 Å². The van der Waals surface area contributed by atoms with E-state index in [4.69, 9.17) is 10.5 Å². The van der Waals surface area contributed by atoms with Crippen molar-refractivity contribution in [3.63, 3.8) is 0 Å². The van der Waals surface area contributed by atoms with Crippen molar-refractivity contribution in [3.05, 3.63) is 5.56 Å². The van der Waals surface area contributed by atoms with E-state index in [-0.39, 0.29) is 11.9 Å². The number of nitrogens with two attached hydrogens (primary N) is 1. The number of nitrogen functional groups attached to an aromatic ring is 1. The molecule has 1 aromatic heterocycles. The lowest BCUT2D eigenvalue weighted by Gasteiger charge is -2.27. The maximum atomic E-state index is 12.4. The highest BCUT2D eigenvalue weighted by molar-refractivity contribution is 6.01. The second kappa shape index (κ2) is 8.47. The molecule has 7 nitrogen and oxygen atoms in total. The molecule has 138 valence electrons. The molecule has 2 N–H and O–H groups in total. The second-order valence-corrected chi connectivity index (χ2v) is 6.87. The smallest absolute Gasteiger partial charge is 0.320 e. The lowest BCUT2D eigenvalue weighted by Crippen LogP contribution is -2.34. The van der Waals surface area contributed by atoms with Crippen molar-refractivity contribution < 1.29 is 9.53 Å². The lowest BCUT2D eigenvalue weighted by atomic mass is 10.1. The largest absolute Gasteiger partial charge is 0.463 e. The SMILES string of the molecule is CCCCOc1nc(N)c2c(n1)N(CCCN1CCCCC1)C(=O)C2. The Bertz CT molecular complexity index is 601. The number of ether oxygens (including phenoxy) is 1. The van der Waals surface area contributed by atoms with E-state index in [9.17, 15) is 4.79 Å². The fraction of sp³-hybridized carbons (Fsp3) is 0.722. The summed E-state index contributed by atoms with van der Waals surface area (Å²) in [6, 6.07) is 0.278. The number of unbranched alkanes of at least 4 members (excludes halogenated alkanes) is 1. The maximum absolute atomic E-state index is 12.4. The Labute approximate surface area is 149 Å². The van der Waals surface area contributed by atoms with Gasteiger partial charge in [-0.2, -0.15) is 9.97 Å². The number of carbonyl (C=O) groups excluding carboxylic acids is 1. The summed E-state index contributed by atoms with van der Waals surface area (Å²) >= 11 is 0. The third-order valence-electron chi connectivity index (χ3n) is 4.92. The minimum atomic E-state index is 0.0559. The van der Waals surface area contributed by atoms with Crippen LogP contribution in [0, 0.1) is 0 Å². The highest BCUT2D eigenvalue weighted by Gasteiger charge is 2.32. The normalized spacial score (nSPS) is 17.8. The zero-order chi connectivity index (χ0) is 17.6. The Morgan fingerprint density at radius 2 is 1.92 bits per heavy atom. The number of aromatic nitrogens is 2. The number of piperidine rings is 1. The number of rotatable bonds is 8. The van der Waals surface area contributed by atoms with Crippen LogP contribution in [0.3, 0.4) is 0 Å². The quantitative estimate of drug-likeness (QED) is 0.724. The standard InChI is InChI=1S/C18H29N5O2/c1-2-3-12-25-18-20-16(19)14-13-15(24)23(17(14)21-18)11-7-10-22-8-5-4-6-9-22/h2-13H2,1H3,(H2,19,20,21). The summed E-state index contributed by atoms with van der Waals surface area (Å²) in [5.74, 6) is 1.06. The Hall–Kier alpha value is -1.89. The van der Waals surface area contributed by atoms with Crippen molar-refractivity contribution in [1.29, 1.82) is 0 Å². The molecule has 0 atom stereocenters. The van der Waals surface area contributed by atoms with Gasteiger partial charge in [0.05, 0.1) is 13.0 Å². The van der Waals surface area contributed by atoms with E-state index >= 15 is 0 Å². The molecule has 2 aliphatic rings. The highest BCUT2D eigenvalue weighted by atomic mass is 16.5. The average molecular weight is 347 g/mol. The molecule has 0 unspecified atom stereocenters. The van der Waals surface area contributed by atoms with E-state index in [2.05, 4.69) is 21.8 Å². The number of hydrogen-bond acceptors (Lipinski definition) is 6. The summed E-state index contributed by atoms with van der Waals surface area (Å²) < 4.78 is 5.59. The van der Waals surface area contributed by atoms with Crippen LogP contribution in [0.5, 0.6) is 6.01 Å². The van der Waals surface area contributed by atoms with Crippen LogP contribution in [-0.2, 0) is 11.2 Å². The van der Waals surface area contributed by atoms with Crippen LogP contribution in [0.15, 0.2) is 0 Å². The summed E-state index contributed by atoms with van der Waals surface area (Å²) in [4.78, 5) is 25.3. The first-order valence-electron chi connectivity index (χ1n) is 9.51. The van der Waals surface area contributed by atoms with Crippen molar-refractivity contribution in [2.24, 2.45) is 0 Å². The van der Waals surface area contributed by atoms with Crippen LogP contribution < -0.4 is 15.4 Å². The van der Waals surface area contributed by atoms with Crippen molar-refractivity contribution in [2.45, 2.75) is 51.9 Å². The Morgan fingerprint density at radius 3 is 2.68 bits per heavy atom. The Morgan fingerprint density at radius 1 is 1.12 bits per heavy atom. The molecule has 0 radical (unpaired) electrons. The Kier molecular flexibility index (Phi) is 6.07. The zero-order valence-corrected chi connectivity index (χ0v) is 15.2. The summed E-state index contributed by atoms with van der Waals surface area (Å²) in [6.45, 7) is 6.72. The molecule has 3 rings (SSSR count). The molecule has 0 bridgehead atoms. The fourth-order valence-corrected chi connectivity index (χ4v) is 3.46. The molecule has 0 aliphatic carbocycles. The molecule has 3 heterocycles. The van der Waals surface area contributed by atoms with Gasteiger partial charge in [0.1, 0.15) is 11.6 Å². The van der Waals surface area contributed by atoms with Gasteiger partial charge in [-0.1, -0.05) is 19.8 Å². The molecular formula is C18H29N5O2. The number of carbonyl (C=O) groups is 1. The third-order valence-corrected chi connectivity index (χ3v) is 4.92. The number of hydrogen-bond donors (Lipinski definition) is 1. The molecule has 2 aliphatic heterocycles. The minimum Gasteiger partial charge on any atom is -0.463 e. The van der Waals surface area contributed by atoms with Gasteiger partial charge in [0.15, 0.2) is 0 Å². The van der Waals surface area contributed by atoms with Crippen molar-refractivity contribution in [2.75, 3.05) is 43.4 Å². The van der Waals surface area contributed by atoms with E-state index in [0.29, 0.717) is 31.2 Å². The first kappa shape index (κ1) is 17.9. The maximum Gasteiger partial charge on any atom is 0.320 e. The van der Waals surface area contributed by atoms with Gasteiger partial charge in [0, 0.05) is 12.1 Å². The van der Waals surface area contributed by atoms with Crippen molar-refractivity contribution >= 4 is 17.5 Å². The van der Waals surface area contributed by atoms with Crippen LogP contribution in [0.2, 0.25) is 0 Å². The van der Waals surface area contributed by atoms with E-state index in [1.54, 1.807) is 4.90 Å². The lowest BCUT2D eigenvalue weighted by molar-refractivity contribution is -0.117. The van der Waals surface area contributed by atoms with Crippen LogP contribution in [-0.4, -0.2) is 53.6 Å². The van der Waals surface area contributed by atoms with Gasteiger partial charge in [-0.15, -0.1) is 0 Å². The van der Waals surface area contributed by atoms with Gasteiger partial charge in [0.2, 0.25) is 5.91 Å². The van der Waals surface area contributed by atoms with Crippen LogP contribution in [0.4, 0.5) is 11.6 Å². The fourth-order valence-electron chi connectivity index (χ4n) is 3.46. The number of fused-ring (bicyclic) bond motifs is 1. The molecule has 1 saturated heterocycles. The summed E-state index contributed by atoms with van der Waals surface area (Å²) in [5, 5.41) is 0. The van der Waals surface area contributed by atoms with Gasteiger partial charge in [-0.25, -0.2) is 0 Å². The summed E-state index contributed by atoms with van der Waals surface area (Å²) in [7, 11) is 0. The van der Waals surface area contributed by atoms with Crippen molar-refractivity contribution in [1.82, 2.24) is 14.9 Å². The molecule has 7 heteroatoms. The molecule has 1 fully saturated rings. The monoisotopic (exact) mass is 347 g/mol. The number of likely N-dealkylation sites (tertiary alicyclic amines) is 1. The average Bonchev–Trinajstić information content (AvgIpc) is 2.93. The van der Waals surface area contributed by atoms with E-state index in [1.807, 2.05) is 0 Å². The third kappa shape index (κ3) is 4.39. The predicted molar refractivity (Wildman–Crippen MR) is 97.8 cm³/mol. The van der Waals surface area contributed by atoms with Crippen LogP contribution in [0.1, 0.15) is 51.0 Å².